The van der Waals surface area contributed by atoms with Crippen molar-refractivity contribution in [2.75, 3.05) is 6.54 Å². The number of Topliss-reactive ketones (excluding diaryl/α,β-unsaturated/α-hetero) is 1. The molecule has 1 aromatic carbocycles. The fourth-order valence-electron chi connectivity index (χ4n) is 5.11. The molecule has 39 heavy (non-hydrogen) atoms. The van der Waals surface area contributed by atoms with E-state index in [2.05, 4.69) is 16.0 Å². The molecule has 2 aliphatic heterocycles. The Labute approximate surface area is 230 Å². The van der Waals surface area contributed by atoms with Crippen molar-refractivity contribution in [3.63, 3.8) is 0 Å². The maximum Gasteiger partial charge on any atom is 0.246 e. The second kappa shape index (κ2) is 13.7. The van der Waals surface area contributed by atoms with Crippen molar-refractivity contribution >= 4 is 29.4 Å². The molecule has 0 saturated carbocycles. The topological polar surface area (TPSA) is 145 Å². The number of hydrogen-bond donors (Lipinski definition) is 4. The lowest BCUT2D eigenvalue weighted by Gasteiger charge is -2.36. The summed E-state index contributed by atoms with van der Waals surface area (Å²) in [6, 6.07) is 6.89. The van der Waals surface area contributed by atoms with Gasteiger partial charge >= 0.3 is 0 Å². The van der Waals surface area contributed by atoms with E-state index < -0.39 is 41.6 Å². The van der Waals surface area contributed by atoms with Gasteiger partial charge in [-0.3, -0.25) is 24.0 Å². The molecule has 0 unspecified atom stereocenters. The summed E-state index contributed by atoms with van der Waals surface area (Å²) in [5.74, 6) is -1.83. The van der Waals surface area contributed by atoms with Gasteiger partial charge in [-0.05, 0) is 51.5 Å². The normalized spacial score (nSPS) is 27.0. The maximum absolute atomic E-state index is 13.7. The summed E-state index contributed by atoms with van der Waals surface area (Å²) in [4.78, 5) is 67.2. The third-order valence-electron chi connectivity index (χ3n) is 7.85. The van der Waals surface area contributed by atoms with Gasteiger partial charge in [-0.2, -0.15) is 0 Å². The molecule has 3 rings (SSSR count). The Morgan fingerprint density at radius 3 is 2.44 bits per heavy atom. The molecule has 0 aliphatic carbocycles. The van der Waals surface area contributed by atoms with Crippen LogP contribution in [0.1, 0.15) is 77.7 Å². The predicted molar refractivity (Wildman–Crippen MR) is 145 cm³/mol. The molecule has 0 spiro atoms. The number of unbranched alkanes of at least 4 members (excludes halogenated alkanes) is 2. The molecule has 0 aromatic heterocycles. The number of amides is 4. The zero-order valence-corrected chi connectivity index (χ0v) is 23.2. The number of rotatable bonds is 10. The molecule has 214 valence electrons. The lowest BCUT2D eigenvalue weighted by atomic mass is 9.94. The van der Waals surface area contributed by atoms with E-state index in [1.807, 2.05) is 30.3 Å². The van der Waals surface area contributed by atoms with Gasteiger partial charge in [0.25, 0.3) is 0 Å². The lowest BCUT2D eigenvalue weighted by molar-refractivity contribution is -0.144. The summed E-state index contributed by atoms with van der Waals surface area (Å²) < 4.78 is 0. The first kappa shape index (κ1) is 30.3. The van der Waals surface area contributed by atoms with Crippen LogP contribution in [0.3, 0.4) is 0 Å². The van der Waals surface area contributed by atoms with Gasteiger partial charge in [0, 0.05) is 19.4 Å². The Morgan fingerprint density at radius 2 is 1.77 bits per heavy atom. The van der Waals surface area contributed by atoms with Crippen LogP contribution in [0.15, 0.2) is 30.3 Å². The van der Waals surface area contributed by atoms with Crippen LogP contribution in [0.5, 0.6) is 0 Å². The zero-order valence-electron chi connectivity index (χ0n) is 23.2. The van der Waals surface area contributed by atoms with Gasteiger partial charge in [0.15, 0.2) is 5.78 Å². The van der Waals surface area contributed by atoms with Crippen molar-refractivity contribution in [3.8, 4) is 0 Å². The maximum atomic E-state index is 13.7. The molecular weight excluding hydrogens is 500 g/mol. The van der Waals surface area contributed by atoms with Crippen LogP contribution in [-0.4, -0.2) is 75.7 Å². The summed E-state index contributed by atoms with van der Waals surface area (Å²) >= 11 is 0. The average Bonchev–Trinajstić information content (AvgIpc) is 3.41. The summed E-state index contributed by atoms with van der Waals surface area (Å²) in [6.07, 6.45) is 3.01. The average molecular weight is 543 g/mol. The van der Waals surface area contributed by atoms with Gasteiger partial charge in [0.1, 0.15) is 29.8 Å². The first-order valence-electron chi connectivity index (χ1n) is 14.0. The quantitative estimate of drug-likeness (QED) is 0.329. The SMILES string of the molecule is CC[C@]1(C)NC(=O)[C@H](CCCCCC(=O)[C@@H](C)O)NC(=O)[C@H]2CCCN2C(=O)[C@H](Cc2ccccc2)NC1=O. The molecular formula is C29H42N4O6. The van der Waals surface area contributed by atoms with E-state index in [1.54, 1.807) is 13.8 Å². The van der Waals surface area contributed by atoms with E-state index in [-0.39, 0.29) is 36.9 Å². The molecule has 0 radical (unpaired) electrons. The van der Waals surface area contributed by atoms with E-state index in [0.29, 0.717) is 45.1 Å². The fourth-order valence-corrected chi connectivity index (χ4v) is 5.11. The third-order valence-corrected chi connectivity index (χ3v) is 7.85. The molecule has 10 nitrogen and oxygen atoms in total. The molecule has 2 aliphatic rings. The van der Waals surface area contributed by atoms with Crippen LogP contribution in [0.4, 0.5) is 0 Å². The molecule has 2 saturated heterocycles. The van der Waals surface area contributed by atoms with Gasteiger partial charge in [-0.15, -0.1) is 0 Å². The number of nitrogens with zero attached hydrogens (tertiary/aromatic N) is 1. The summed E-state index contributed by atoms with van der Waals surface area (Å²) in [5, 5.41) is 17.9. The Bertz CT molecular complexity index is 1050. The fraction of sp³-hybridized carbons (Fsp3) is 0.621. The summed E-state index contributed by atoms with van der Waals surface area (Å²) in [5.41, 5.74) is -0.413. The van der Waals surface area contributed by atoms with Crippen LogP contribution in [0.25, 0.3) is 0 Å². The number of nitrogens with one attached hydrogen (secondary N) is 3. The highest BCUT2D eigenvalue weighted by Gasteiger charge is 2.43. The zero-order chi connectivity index (χ0) is 28.6. The Balaban J connectivity index is 1.81. The minimum Gasteiger partial charge on any atom is -0.386 e. The molecule has 2 fully saturated rings. The monoisotopic (exact) mass is 542 g/mol. The van der Waals surface area contributed by atoms with Gasteiger partial charge < -0.3 is 26.0 Å². The van der Waals surface area contributed by atoms with E-state index in [4.69, 9.17) is 0 Å². The number of aliphatic hydroxyl groups excluding tert-OH is 1. The molecule has 2 heterocycles. The van der Waals surface area contributed by atoms with Crippen LogP contribution in [0, 0.1) is 0 Å². The van der Waals surface area contributed by atoms with Crippen molar-refractivity contribution < 1.29 is 29.1 Å². The van der Waals surface area contributed by atoms with Crippen molar-refractivity contribution in [2.45, 2.75) is 108 Å². The minimum absolute atomic E-state index is 0.228. The Kier molecular flexibility index (Phi) is 10.6. The van der Waals surface area contributed by atoms with E-state index in [0.717, 1.165) is 5.56 Å². The molecule has 10 heteroatoms. The third kappa shape index (κ3) is 7.88. The number of benzene rings is 1. The number of carbonyl (C=O) groups is 5. The van der Waals surface area contributed by atoms with Crippen molar-refractivity contribution in [3.05, 3.63) is 35.9 Å². The van der Waals surface area contributed by atoms with E-state index in [9.17, 15) is 29.1 Å². The highest BCUT2D eigenvalue weighted by molar-refractivity contribution is 5.99. The van der Waals surface area contributed by atoms with Crippen molar-refractivity contribution in [1.29, 1.82) is 0 Å². The number of ketones is 1. The summed E-state index contributed by atoms with van der Waals surface area (Å²) in [6.45, 7) is 5.24. The van der Waals surface area contributed by atoms with Gasteiger partial charge in [0.05, 0.1) is 0 Å². The highest BCUT2D eigenvalue weighted by atomic mass is 16.3. The highest BCUT2D eigenvalue weighted by Crippen LogP contribution is 2.22. The first-order valence-corrected chi connectivity index (χ1v) is 14.0. The lowest BCUT2D eigenvalue weighted by Crippen LogP contribution is -2.65. The molecule has 0 bridgehead atoms. The second-order valence-electron chi connectivity index (χ2n) is 10.9. The Hall–Kier alpha value is -3.27. The first-order chi connectivity index (χ1) is 18.6. The van der Waals surface area contributed by atoms with E-state index in [1.165, 1.54) is 11.8 Å². The Morgan fingerprint density at radius 1 is 1.05 bits per heavy atom. The summed E-state index contributed by atoms with van der Waals surface area (Å²) in [7, 11) is 0. The number of carbonyl (C=O) groups excluding carboxylic acids is 5. The minimum atomic E-state index is -1.29. The molecule has 4 N–H and O–H groups in total. The standard InChI is InChI=1S/C29H42N4O6/c1-4-29(3)28(39)31-22(18-20-12-7-5-8-13-20)27(38)33-17-11-15-23(33)26(37)30-21(25(36)32-29)14-9-6-10-16-24(35)19(2)34/h5,7-8,12-13,19,21-23,34H,4,6,9-11,14-18H2,1-3H3,(H,30,37)(H,31,39)(H,32,36)/t19-,21+,22+,23-,29+/m1/s1. The smallest absolute Gasteiger partial charge is 0.246 e. The largest absolute Gasteiger partial charge is 0.386 e. The van der Waals surface area contributed by atoms with Crippen molar-refractivity contribution in [1.82, 2.24) is 20.9 Å². The van der Waals surface area contributed by atoms with Crippen LogP contribution in [0.2, 0.25) is 0 Å². The van der Waals surface area contributed by atoms with Crippen molar-refractivity contribution in [2.24, 2.45) is 0 Å². The van der Waals surface area contributed by atoms with Crippen LogP contribution >= 0.6 is 0 Å². The molecule has 1 aromatic rings. The predicted octanol–water partition coefficient (Wildman–Crippen LogP) is 1.39. The van der Waals surface area contributed by atoms with Gasteiger partial charge in [-0.1, -0.05) is 50.1 Å². The van der Waals surface area contributed by atoms with Crippen LogP contribution in [-0.2, 0) is 30.4 Å². The second-order valence-corrected chi connectivity index (χ2v) is 10.9. The van der Waals surface area contributed by atoms with E-state index >= 15 is 0 Å². The number of aliphatic hydroxyl groups is 1. The molecule has 4 amide bonds. The number of fused-ring (bicyclic) bond motifs is 1. The van der Waals surface area contributed by atoms with Gasteiger partial charge in [0.2, 0.25) is 23.6 Å². The molecule has 5 atom stereocenters. The van der Waals surface area contributed by atoms with Crippen LogP contribution < -0.4 is 16.0 Å². The van der Waals surface area contributed by atoms with Gasteiger partial charge in [-0.25, -0.2) is 0 Å². The number of hydrogen-bond acceptors (Lipinski definition) is 6.